The van der Waals surface area contributed by atoms with E-state index in [-0.39, 0.29) is 6.61 Å². The molecule has 0 bridgehead atoms. The highest BCUT2D eigenvalue weighted by Crippen LogP contribution is 2.24. The molecule has 2 aromatic heterocycles. The fourth-order valence-corrected chi connectivity index (χ4v) is 3.41. The van der Waals surface area contributed by atoms with E-state index < -0.39 is 6.10 Å². The first-order chi connectivity index (χ1) is 11.5. The Hall–Kier alpha value is -1.41. The first-order valence-corrected chi connectivity index (χ1v) is 8.69. The fraction of sp³-hybridized carbons (Fsp3) is 0.625. The summed E-state index contributed by atoms with van der Waals surface area (Å²) in [6, 6.07) is 1.88. The predicted octanol–water partition coefficient (Wildman–Crippen LogP) is 1.26. The molecule has 24 heavy (non-hydrogen) atoms. The quantitative estimate of drug-likeness (QED) is 0.846. The Labute approximate surface area is 146 Å². The Morgan fingerprint density at radius 3 is 2.83 bits per heavy atom. The lowest BCUT2D eigenvalue weighted by Gasteiger charge is -2.19. The molecule has 3 rings (SSSR count). The first kappa shape index (κ1) is 17.4. The molecule has 0 saturated carbocycles. The summed E-state index contributed by atoms with van der Waals surface area (Å²) >= 11 is 6.41. The van der Waals surface area contributed by atoms with Crippen LogP contribution in [-0.4, -0.2) is 47.8 Å². The maximum Gasteiger partial charge on any atom is 0.131 e. The van der Waals surface area contributed by atoms with Gasteiger partial charge in [-0.3, -0.25) is 14.3 Å². The standard InChI is InChI=1S/C16H24ClN5O2/c1-3-13-12(16(17)20(2)18-13)9-21-5-4-6-22-11(8-21)7-14(19-22)15(24)10-23/h7,15,23-24H,3-6,8-10H2,1-2H3/t15-/m1/s1. The van der Waals surface area contributed by atoms with Crippen molar-refractivity contribution in [2.75, 3.05) is 13.2 Å². The normalized spacial score (nSPS) is 16.9. The molecule has 0 aromatic carbocycles. The molecule has 0 unspecified atom stereocenters. The van der Waals surface area contributed by atoms with Crippen molar-refractivity contribution in [3.63, 3.8) is 0 Å². The summed E-state index contributed by atoms with van der Waals surface area (Å²) in [6.45, 7) is 5.02. The van der Waals surface area contributed by atoms with Gasteiger partial charge in [0.05, 0.1) is 23.7 Å². The Morgan fingerprint density at radius 1 is 1.33 bits per heavy atom. The zero-order valence-electron chi connectivity index (χ0n) is 14.1. The average molecular weight is 354 g/mol. The van der Waals surface area contributed by atoms with Crippen LogP contribution in [0.2, 0.25) is 5.15 Å². The van der Waals surface area contributed by atoms with E-state index in [0.717, 1.165) is 56.0 Å². The fourth-order valence-electron chi connectivity index (χ4n) is 3.21. The molecule has 1 aliphatic heterocycles. The van der Waals surface area contributed by atoms with Crippen molar-refractivity contribution in [2.24, 2.45) is 7.05 Å². The highest BCUT2D eigenvalue weighted by Gasteiger charge is 2.22. The monoisotopic (exact) mass is 353 g/mol. The Balaban J connectivity index is 1.80. The van der Waals surface area contributed by atoms with E-state index in [1.165, 1.54) is 0 Å². The lowest BCUT2D eigenvalue weighted by atomic mass is 10.2. The summed E-state index contributed by atoms with van der Waals surface area (Å²) in [5.74, 6) is 0. The van der Waals surface area contributed by atoms with Crippen molar-refractivity contribution < 1.29 is 10.2 Å². The van der Waals surface area contributed by atoms with Crippen LogP contribution in [0.3, 0.4) is 0 Å². The summed E-state index contributed by atoms with van der Waals surface area (Å²) < 4.78 is 3.66. The largest absolute Gasteiger partial charge is 0.393 e. The zero-order valence-corrected chi connectivity index (χ0v) is 14.9. The van der Waals surface area contributed by atoms with E-state index in [2.05, 4.69) is 22.0 Å². The Bertz CT molecular complexity index is 712. The second-order valence-corrected chi connectivity index (χ2v) is 6.60. The Kier molecular flexibility index (Phi) is 5.24. The van der Waals surface area contributed by atoms with Gasteiger partial charge in [0.1, 0.15) is 11.3 Å². The molecule has 132 valence electrons. The van der Waals surface area contributed by atoms with Gasteiger partial charge in [-0.1, -0.05) is 18.5 Å². The van der Waals surface area contributed by atoms with Crippen LogP contribution in [0.4, 0.5) is 0 Å². The minimum Gasteiger partial charge on any atom is -0.393 e. The van der Waals surface area contributed by atoms with Crippen molar-refractivity contribution in [3.05, 3.63) is 33.9 Å². The van der Waals surface area contributed by atoms with Crippen molar-refractivity contribution in [1.29, 1.82) is 0 Å². The van der Waals surface area contributed by atoms with E-state index >= 15 is 0 Å². The third-order valence-corrected chi connectivity index (χ3v) is 4.97. The minimum absolute atomic E-state index is 0.314. The summed E-state index contributed by atoms with van der Waals surface area (Å²) in [6.07, 6.45) is 0.911. The minimum atomic E-state index is -0.919. The second kappa shape index (κ2) is 7.23. The van der Waals surface area contributed by atoms with Crippen LogP contribution in [0.25, 0.3) is 0 Å². The van der Waals surface area contributed by atoms with Crippen LogP contribution in [0.1, 0.15) is 42.1 Å². The van der Waals surface area contributed by atoms with E-state index in [1.54, 1.807) is 4.68 Å². The summed E-state index contributed by atoms with van der Waals surface area (Å²) in [7, 11) is 1.87. The molecule has 7 nitrogen and oxygen atoms in total. The van der Waals surface area contributed by atoms with Gasteiger partial charge >= 0.3 is 0 Å². The number of fused-ring (bicyclic) bond motifs is 1. The number of aryl methyl sites for hydroxylation is 3. The average Bonchev–Trinajstić information content (AvgIpc) is 3.03. The van der Waals surface area contributed by atoms with Crippen LogP contribution < -0.4 is 0 Å². The summed E-state index contributed by atoms with van der Waals surface area (Å²) in [4.78, 5) is 2.33. The molecular formula is C16H24ClN5O2. The van der Waals surface area contributed by atoms with E-state index in [4.69, 9.17) is 16.7 Å². The molecule has 0 amide bonds. The highest BCUT2D eigenvalue weighted by atomic mass is 35.5. The van der Waals surface area contributed by atoms with Crippen molar-refractivity contribution in [3.8, 4) is 0 Å². The third-order valence-electron chi connectivity index (χ3n) is 4.50. The molecule has 1 aliphatic rings. The molecule has 0 fully saturated rings. The van der Waals surface area contributed by atoms with Gasteiger partial charge in [-0.05, 0) is 18.9 Å². The number of halogens is 1. The van der Waals surface area contributed by atoms with Gasteiger partial charge in [0.25, 0.3) is 0 Å². The molecule has 3 heterocycles. The second-order valence-electron chi connectivity index (χ2n) is 6.24. The van der Waals surface area contributed by atoms with Crippen molar-refractivity contribution >= 4 is 11.6 Å². The number of nitrogens with zero attached hydrogens (tertiary/aromatic N) is 5. The van der Waals surface area contributed by atoms with Gasteiger partial charge in [0, 0.05) is 38.8 Å². The van der Waals surface area contributed by atoms with Gasteiger partial charge in [0.15, 0.2) is 0 Å². The first-order valence-electron chi connectivity index (χ1n) is 8.31. The van der Waals surface area contributed by atoms with E-state index in [9.17, 15) is 5.11 Å². The van der Waals surface area contributed by atoms with Crippen LogP contribution >= 0.6 is 11.6 Å². The number of hydrogen-bond acceptors (Lipinski definition) is 5. The van der Waals surface area contributed by atoms with Gasteiger partial charge in [0.2, 0.25) is 0 Å². The topological polar surface area (TPSA) is 79.3 Å². The van der Waals surface area contributed by atoms with Crippen LogP contribution in [0.15, 0.2) is 6.07 Å². The third kappa shape index (κ3) is 3.35. The molecule has 0 radical (unpaired) electrons. The smallest absolute Gasteiger partial charge is 0.131 e. The van der Waals surface area contributed by atoms with E-state index in [0.29, 0.717) is 10.8 Å². The zero-order chi connectivity index (χ0) is 17.3. The molecule has 0 aliphatic carbocycles. The molecular weight excluding hydrogens is 330 g/mol. The van der Waals surface area contributed by atoms with Gasteiger partial charge in [-0.25, -0.2) is 0 Å². The summed E-state index contributed by atoms with van der Waals surface area (Å²) in [5, 5.41) is 28.5. The number of aromatic nitrogens is 4. The van der Waals surface area contributed by atoms with Gasteiger partial charge in [-0.15, -0.1) is 0 Å². The maximum atomic E-state index is 9.79. The summed E-state index contributed by atoms with van der Waals surface area (Å²) in [5.41, 5.74) is 3.71. The Morgan fingerprint density at radius 2 is 2.12 bits per heavy atom. The van der Waals surface area contributed by atoms with Gasteiger partial charge < -0.3 is 10.2 Å². The van der Waals surface area contributed by atoms with Crippen molar-refractivity contribution in [1.82, 2.24) is 24.5 Å². The SMILES string of the molecule is CCc1nn(C)c(Cl)c1CN1CCCn2nc([C@H](O)CO)cc2C1. The maximum absolute atomic E-state index is 9.79. The van der Waals surface area contributed by atoms with Crippen molar-refractivity contribution in [2.45, 2.75) is 45.5 Å². The number of hydrogen-bond donors (Lipinski definition) is 2. The predicted molar refractivity (Wildman–Crippen MR) is 90.6 cm³/mol. The van der Waals surface area contributed by atoms with Crippen LogP contribution in [-0.2, 0) is 33.1 Å². The molecule has 0 saturated heterocycles. The van der Waals surface area contributed by atoms with E-state index in [1.807, 2.05) is 17.8 Å². The van der Waals surface area contributed by atoms with Gasteiger partial charge in [-0.2, -0.15) is 10.2 Å². The molecule has 0 spiro atoms. The lowest BCUT2D eigenvalue weighted by molar-refractivity contribution is 0.0916. The molecule has 1 atom stereocenters. The number of rotatable bonds is 5. The number of aliphatic hydroxyl groups excluding tert-OH is 2. The molecule has 2 N–H and O–H groups in total. The highest BCUT2D eigenvalue weighted by molar-refractivity contribution is 6.30. The van der Waals surface area contributed by atoms with Crippen LogP contribution in [0, 0.1) is 0 Å². The van der Waals surface area contributed by atoms with Crippen LogP contribution in [0.5, 0.6) is 0 Å². The molecule has 2 aromatic rings. The lowest BCUT2D eigenvalue weighted by Crippen LogP contribution is -2.23. The molecule has 8 heteroatoms. The number of aliphatic hydroxyl groups is 2.